The van der Waals surface area contributed by atoms with Gasteiger partial charge in [0.1, 0.15) is 0 Å². The second-order valence-electron chi connectivity index (χ2n) is 8.02. The predicted octanol–water partition coefficient (Wildman–Crippen LogP) is 3.82. The van der Waals surface area contributed by atoms with Crippen molar-refractivity contribution in [3.8, 4) is 0 Å². The van der Waals surface area contributed by atoms with Gasteiger partial charge in [-0.05, 0) is 49.6 Å². The van der Waals surface area contributed by atoms with E-state index >= 15 is 0 Å². The number of nitrogens with zero attached hydrogens (tertiary/aromatic N) is 3. The molecule has 0 unspecified atom stereocenters. The molecule has 5 heteroatoms. The van der Waals surface area contributed by atoms with Crippen LogP contribution in [0.1, 0.15) is 50.0 Å². The first kappa shape index (κ1) is 19.9. The molecule has 0 bridgehead atoms. The van der Waals surface area contributed by atoms with Crippen molar-refractivity contribution in [1.82, 2.24) is 14.4 Å². The molecule has 1 aliphatic carbocycles. The zero-order valence-electron chi connectivity index (χ0n) is 17.9. The van der Waals surface area contributed by atoms with Crippen molar-refractivity contribution >= 4 is 28.3 Å². The van der Waals surface area contributed by atoms with Crippen molar-refractivity contribution < 1.29 is 9.59 Å². The lowest BCUT2D eigenvalue weighted by molar-refractivity contribution is -0.134. The fraction of sp³-hybridized carbons (Fsp3) is 0.500. The molecule has 1 amide bonds. The lowest BCUT2D eigenvalue weighted by Crippen LogP contribution is -2.49. The van der Waals surface area contributed by atoms with Crippen molar-refractivity contribution in [3.05, 3.63) is 41.6 Å². The van der Waals surface area contributed by atoms with Gasteiger partial charge >= 0.3 is 0 Å². The Kier molecular flexibility index (Phi) is 5.34. The van der Waals surface area contributed by atoms with Crippen LogP contribution in [0.4, 0.5) is 0 Å². The van der Waals surface area contributed by atoms with E-state index < -0.39 is 0 Å². The second kappa shape index (κ2) is 7.79. The van der Waals surface area contributed by atoms with E-state index in [4.69, 9.17) is 0 Å². The zero-order valence-corrected chi connectivity index (χ0v) is 17.9. The van der Waals surface area contributed by atoms with E-state index in [1.165, 1.54) is 22.1 Å². The fourth-order valence-electron chi connectivity index (χ4n) is 5.08. The van der Waals surface area contributed by atoms with E-state index in [2.05, 4.69) is 24.0 Å². The van der Waals surface area contributed by atoms with Crippen LogP contribution in [0.15, 0.2) is 30.5 Å². The Morgan fingerprint density at radius 2 is 1.90 bits per heavy atom. The number of rotatable bonds is 5. The Labute approximate surface area is 173 Å². The number of amides is 1. The molecule has 154 valence electrons. The minimum atomic E-state index is -0.114. The summed E-state index contributed by atoms with van der Waals surface area (Å²) in [5, 5.41) is 1.18. The molecule has 0 N–H and O–H groups in total. The summed E-state index contributed by atoms with van der Waals surface area (Å²) >= 11 is 0. The summed E-state index contributed by atoms with van der Waals surface area (Å²) in [6.45, 7) is 11.3. The van der Waals surface area contributed by atoms with Crippen LogP contribution in [0, 0.1) is 5.92 Å². The number of carbonyl (C=O) groups excluding carboxylic acids is 2. The Balaban J connectivity index is 1.85. The van der Waals surface area contributed by atoms with E-state index in [-0.39, 0.29) is 23.8 Å². The third-order valence-electron chi connectivity index (χ3n) is 6.61. The average Bonchev–Trinajstić information content (AvgIpc) is 3.13. The second-order valence-corrected chi connectivity index (χ2v) is 8.02. The van der Waals surface area contributed by atoms with Crippen molar-refractivity contribution in [1.29, 1.82) is 0 Å². The first-order valence-electron chi connectivity index (χ1n) is 10.9. The quantitative estimate of drug-likeness (QED) is 0.776. The molecule has 0 fully saturated rings. The summed E-state index contributed by atoms with van der Waals surface area (Å²) in [4.78, 5) is 30.0. The number of aromatic nitrogens is 1. The van der Waals surface area contributed by atoms with Gasteiger partial charge in [-0.2, -0.15) is 0 Å². The van der Waals surface area contributed by atoms with E-state index in [1.54, 1.807) is 0 Å². The molecule has 0 spiro atoms. The van der Waals surface area contributed by atoms with Crippen LogP contribution >= 0.6 is 0 Å². The summed E-state index contributed by atoms with van der Waals surface area (Å²) < 4.78 is 1.82. The lowest BCUT2D eigenvalue weighted by Gasteiger charge is -2.42. The zero-order chi connectivity index (χ0) is 20.7. The van der Waals surface area contributed by atoms with Gasteiger partial charge in [0.05, 0.1) is 11.4 Å². The lowest BCUT2D eigenvalue weighted by atomic mass is 9.79. The molecule has 2 atom stereocenters. The molecule has 1 aromatic carbocycles. The van der Waals surface area contributed by atoms with Gasteiger partial charge in [0.25, 0.3) is 0 Å². The Morgan fingerprint density at radius 1 is 1.14 bits per heavy atom. The van der Waals surface area contributed by atoms with E-state index in [0.717, 1.165) is 38.1 Å². The number of benzene rings is 1. The summed E-state index contributed by atoms with van der Waals surface area (Å²) in [6.07, 6.45) is 5.64. The highest BCUT2D eigenvalue weighted by Gasteiger charge is 2.38. The average molecular weight is 394 g/mol. The SMILES string of the molecule is CCC(=O)n1cc2c3c(cccc31)C1=C[C@@H](C(=O)N(CC)CC)CN(CC)[C@@H]1C2. The largest absolute Gasteiger partial charge is 0.343 e. The van der Waals surface area contributed by atoms with Gasteiger partial charge in [0, 0.05) is 43.7 Å². The van der Waals surface area contributed by atoms with Crippen molar-refractivity contribution in [2.24, 2.45) is 5.92 Å². The van der Waals surface area contributed by atoms with Crippen LogP contribution in [0.2, 0.25) is 0 Å². The molecule has 2 heterocycles. The van der Waals surface area contributed by atoms with Gasteiger partial charge < -0.3 is 4.90 Å². The third kappa shape index (κ3) is 3.12. The summed E-state index contributed by atoms with van der Waals surface area (Å²) in [6, 6.07) is 6.50. The molecule has 29 heavy (non-hydrogen) atoms. The molecule has 0 saturated carbocycles. The van der Waals surface area contributed by atoms with Crippen LogP contribution in [0.25, 0.3) is 16.5 Å². The normalized spacial score (nSPS) is 21.0. The van der Waals surface area contributed by atoms with Crippen LogP contribution < -0.4 is 0 Å². The fourth-order valence-corrected chi connectivity index (χ4v) is 5.08. The summed E-state index contributed by atoms with van der Waals surface area (Å²) in [7, 11) is 0. The number of hydrogen-bond donors (Lipinski definition) is 0. The maximum absolute atomic E-state index is 13.1. The molecule has 0 radical (unpaired) electrons. The molecule has 1 aromatic heterocycles. The molecular weight excluding hydrogens is 362 g/mol. The Morgan fingerprint density at radius 3 is 2.55 bits per heavy atom. The number of likely N-dealkylation sites (N-methyl/N-ethyl adjacent to an activating group) is 1. The maximum Gasteiger partial charge on any atom is 0.230 e. The topological polar surface area (TPSA) is 45.6 Å². The molecule has 2 aliphatic rings. The van der Waals surface area contributed by atoms with E-state index in [0.29, 0.717) is 6.42 Å². The predicted molar refractivity (Wildman–Crippen MR) is 117 cm³/mol. The highest BCUT2D eigenvalue weighted by molar-refractivity contribution is 6.03. The van der Waals surface area contributed by atoms with Crippen LogP contribution in [0.5, 0.6) is 0 Å². The van der Waals surface area contributed by atoms with Gasteiger partial charge in [0.2, 0.25) is 11.8 Å². The molecular formula is C24H31N3O2. The Bertz CT molecular complexity index is 983. The monoisotopic (exact) mass is 393 g/mol. The first-order valence-corrected chi connectivity index (χ1v) is 10.9. The maximum atomic E-state index is 13.1. The molecule has 2 aromatic rings. The number of fused-ring (bicyclic) bond motifs is 2. The van der Waals surface area contributed by atoms with Gasteiger partial charge in [-0.15, -0.1) is 0 Å². The molecule has 1 aliphatic heterocycles. The van der Waals surface area contributed by atoms with Crippen molar-refractivity contribution in [2.75, 3.05) is 26.2 Å². The van der Waals surface area contributed by atoms with Crippen molar-refractivity contribution in [2.45, 2.75) is 46.6 Å². The molecule has 0 saturated heterocycles. The minimum absolute atomic E-state index is 0.114. The standard InChI is InChI=1S/C24H31N3O2/c1-5-22(28)27-15-16-13-21-19(18-10-9-11-20(27)23(16)18)12-17(14-26(21)8-4)24(29)25(6-2)7-3/h9-12,15,17,21H,5-8,13-14H2,1-4H3/t17-,21-/m1/s1. The van der Waals surface area contributed by atoms with Gasteiger partial charge in [-0.25, -0.2) is 0 Å². The summed E-state index contributed by atoms with van der Waals surface area (Å²) in [5.74, 6) is 0.229. The number of carbonyl (C=O) groups is 2. The van der Waals surface area contributed by atoms with Crippen LogP contribution in [0.3, 0.4) is 0 Å². The van der Waals surface area contributed by atoms with E-state index in [1.807, 2.05) is 48.6 Å². The van der Waals surface area contributed by atoms with Crippen LogP contribution in [-0.4, -0.2) is 58.4 Å². The number of hydrogen-bond acceptors (Lipinski definition) is 3. The first-order chi connectivity index (χ1) is 14.0. The van der Waals surface area contributed by atoms with Gasteiger partial charge in [-0.3, -0.25) is 19.1 Å². The Hall–Kier alpha value is -2.40. The third-order valence-corrected chi connectivity index (χ3v) is 6.61. The highest BCUT2D eigenvalue weighted by atomic mass is 16.2. The molecule has 4 rings (SSSR count). The minimum Gasteiger partial charge on any atom is -0.343 e. The highest BCUT2D eigenvalue weighted by Crippen LogP contribution is 2.42. The van der Waals surface area contributed by atoms with Crippen LogP contribution in [-0.2, 0) is 11.2 Å². The van der Waals surface area contributed by atoms with Crippen molar-refractivity contribution in [3.63, 3.8) is 0 Å². The smallest absolute Gasteiger partial charge is 0.230 e. The molecule has 5 nitrogen and oxygen atoms in total. The van der Waals surface area contributed by atoms with Gasteiger partial charge in [0.15, 0.2) is 0 Å². The van der Waals surface area contributed by atoms with E-state index in [9.17, 15) is 9.59 Å². The summed E-state index contributed by atoms with van der Waals surface area (Å²) in [5.41, 5.74) is 4.67. The van der Waals surface area contributed by atoms with Gasteiger partial charge in [-0.1, -0.05) is 32.1 Å².